The predicted octanol–water partition coefficient (Wildman–Crippen LogP) is 3.79. The van der Waals surface area contributed by atoms with Crippen molar-refractivity contribution in [3.8, 4) is 0 Å². The van der Waals surface area contributed by atoms with Crippen LogP contribution >= 0.6 is 0 Å². The zero-order valence-corrected chi connectivity index (χ0v) is 15.0. The summed E-state index contributed by atoms with van der Waals surface area (Å²) in [6.45, 7) is 4.31. The van der Waals surface area contributed by atoms with Crippen molar-refractivity contribution in [2.45, 2.75) is 38.0 Å². The summed E-state index contributed by atoms with van der Waals surface area (Å²) < 4.78 is 5.57. The first-order valence-corrected chi connectivity index (χ1v) is 9.13. The number of amides is 1. The molecule has 1 fully saturated rings. The van der Waals surface area contributed by atoms with Crippen LogP contribution in [0.4, 0.5) is 0 Å². The maximum Gasteiger partial charge on any atom is 0.220 e. The zero-order chi connectivity index (χ0) is 17.5. The van der Waals surface area contributed by atoms with Gasteiger partial charge in [0.1, 0.15) is 0 Å². The van der Waals surface area contributed by atoms with Crippen LogP contribution < -0.4 is 5.32 Å². The molecule has 25 heavy (non-hydrogen) atoms. The fraction of sp³-hybridized carbons (Fsp3) is 0.409. The van der Waals surface area contributed by atoms with Gasteiger partial charge in [-0.1, -0.05) is 60.2 Å². The van der Waals surface area contributed by atoms with E-state index in [-0.39, 0.29) is 11.3 Å². The third kappa shape index (κ3) is 4.70. The smallest absolute Gasteiger partial charge is 0.220 e. The molecule has 1 N–H and O–H groups in total. The van der Waals surface area contributed by atoms with Crippen LogP contribution in [-0.2, 0) is 21.4 Å². The lowest BCUT2D eigenvalue weighted by molar-refractivity contribution is -0.121. The van der Waals surface area contributed by atoms with Gasteiger partial charge in [0, 0.05) is 31.6 Å². The number of nitrogens with one attached hydrogen (secondary N) is 1. The summed E-state index contributed by atoms with van der Waals surface area (Å²) in [4.78, 5) is 12.3. The van der Waals surface area contributed by atoms with Crippen LogP contribution in [0.3, 0.4) is 0 Å². The van der Waals surface area contributed by atoms with E-state index < -0.39 is 0 Å². The Morgan fingerprint density at radius 2 is 1.72 bits per heavy atom. The van der Waals surface area contributed by atoms with Gasteiger partial charge in [-0.15, -0.1) is 0 Å². The van der Waals surface area contributed by atoms with Crippen LogP contribution in [0, 0.1) is 6.92 Å². The van der Waals surface area contributed by atoms with Crippen molar-refractivity contribution < 1.29 is 9.53 Å². The topological polar surface area (TPSA) is 38.3 Å². The first kappa shape index (κ1) is 17.7. The second kappa shape index (κ2) is 8.30. The van der Waals surface area contributed by atoms with E-state index in [0.717, 1.165) is 32.5 Å². The summed E-state index contributed by atoms with van der Waals surface area (Å²) in [6.07, 6.45) is 3.22. The van der Waals surface area contributed by atoms with Crippen molar-refractivity contribution in [3.05, 3.63) is 71.3 Å². The van der Waals surface area contributed by atoms with Crippen LogP contribution in [0.2, 0.25) is 0 Å². The molecule has 1 saturated heterocycles. The molecule has 0 saturated carbocycles. The van der Waals surface area contributed by atoms with E-state index in [9.17, 15) is 4.79 Å². The maximum atomic E-state index is 12.3. The van der Waals surface area contributed by atoms with Crippen LogP contribution in [0.15, 0.2) is 54.6 Å². The largest absolute Gasteiger partial charge is 0.381 e. The second-order valence-corrected chi connectivity index (χ2v) is 7.02. The molecule has 1 aliphatic heterocycles. The normalized spacial score (nSPS) is 16.4. The molecule has 3 heteroatoms. The lowest BCUT2D eigenvalue weighted by Gasteiger charge is -2.38. The number of aryl methyl sites for hydroxylation is 2. The fourth-order valence-corrected chi connectivity index (χ4v) is 3.50. The van der Waals surface area contributed by atoms with Gasteiger partial charge in [-0.05, 0) is 37.3 Å². The van der Waals surface area contributed by atoms with E-state index >= 15 is 0 Å². The van der Waals surface area contributed by atoms with E-state index in [1.165, 1.54) is 16.7 Å². The van der Waals surface area contributed by atoms with E-state index in [2.05, 4.69) is 48.6 Å². The average molecular weight is 337 g/mol. The van der Waals surface area contributed by atoms with Crippen molar-refractivity contribution in [2.24, 2.45) is 0 Å². The standard InChI is InChI=1S/C22H27NO2/c1-18-7-10-20(11-8-18)22(13-15-25-16-14-22)17-23-21(24)12-9-19-5-3-2-4-6-19/h2-8,10-11H,9,12-17H2,1H3,(H,23,24). The zero-order valence-electron chi connectivity index (χ0n) is 15.0. The molecule has 2 aromatic rings. The second-order valence-electron chi connectivity index (χ2n) is 7.02. The first-order valence-electron chi connectivity index (χ1n) is 9.13. The molecule has 3 rings (SSSR count). The Kier molecular flexibility index (Phi) is 5.87. The lowest BCUT2D eigenvalue weighted by Crippen LogP contribution is -2.44. The highest BCUT2D eigenvalue weighted by Gasteiger charge is 2.34. The van der Waals surface area contributed by atoms with Crippen LogP contribution in [0.25, 0.3) is 0 Å². The Hall–Kier alpha value is -2.13. The average Bonchev–Trinajstić information content (AvgIpc) is 2.67. The van der Waals surface area contributed by atoms with Gasteiger partial charge in [-0.25, -0.2) is 0 Å². The SMILES string of the molecule is Cc1ccc(C2(CNC(=O)CCc3ccccc3)CCOCC2)cc1. The number of carbonyl (C=O) groups is 1. The summed E-state index contributed by atoms with van der Waals surface area (Å²) in [5, 5.41) is 3.18. The highest BCUT2D eigenvalue weighted by atomic mass is 16.5. The van der Waals surface area contributed by atoms with Gasteiger partial charge in [0.15, 0.2) is 0 Å². The van der Waals surface area contributed by atoms with Crippen molar-refractivity contribution >= 4 is 5.91 Å². The molecule has 1 aliphatic rings. The van der Waals surface area contributed by atoms with E-state index in [1.807, 2.05) is 18.2 Å². The fourth-order valence-electron chi connectivity index (χ4n) is 3.50. The Morgan fingerprint density at radius 1 is 1.04 bits per heavy atom. The Labute approximate surface area is 150 Å². The van der Waals surface area contributed by atoms with Crippen molar-refractivity contribution in [1.82, 2.24) is 5.32 Å². The molecule has 1 amide bonds. The molecule has 3 nitrogen and oxygen atoms in total. The van der Waals surface area contributed by atoms with Crippen LogP contribution in [-0.4, -0.2) is 25.7 Å². The van der Waals surface area contributed by atoms with E-state index in [1.54, 1.807) is 0 Å². The Bertz CT molecular complexity index is 673. The molecular formula is C22H27NO2. The molecule has 0 bridgehead atoms. The number of benzene rings is 2. The van der Waals surface area contributed by atoms with Gasteiger partial charge in [-0.3, -0.25) is 4.79 Å². The predicted molar refractivity (Wildman–Crippen MR) is 101 cm³/mol. The van der Waals surface area contributed by atoms with Crippen LogP contribution in [0.5, 0.6) is 0 Å². The van der Waals surface area contributed by atoms with Crippen LogP contribution in [0.1, 0.15) is 36.0 Å². The minimum Gasteiger partial charge on any atom is -0.381 e. The van der Waals surface area contributed by atoms with Crippen molar-refractivity contribution in [3.63, 3.8) is 0 Å². The van der Waals surface area contributed by atoms with Gasteiger partial charge >= 0.3 is 0 Å². The molecule has 1 heterocycles. The molecule has 2 aromatic carbocycles. The number of ether oxygens (including phenoxy) is 1. The van der Waals surface area contributed by atoms with Crippen molar-refractivity contribution in [2.75, 3.05) is 19.8 Å². The number of hydrogen-bond donors (Lipinski definition) is 1. The van der Waals surface area contributed by atoms with Gasteiger partial charge in [0.25, 0.3) is 0 Å². The van der Waals surface area contributed by atoms with Gasteiger partial charge in [0.05, 0.1) is 0 Å². The summed E-state index contributed by atoms with van der Waals surface area (Å²) in [6, 6.07) is 18.9. The Balaban J connectivity index is 1.61. The molecule has 0 unspecified atom stereocenters. The first-order chi connectivity index (χ1) is 12.2. The molecular weight excluding hydrogens is 310 g/mol. The minimum absolute atomic E-state index is 0.00560. The highest BCUT2D eigenvalue weighted by Crippen LogP contribution is 2.34. The van der Waals surface area contributed by atoms with Gasteiger partial charge in [-0.2, -0.15) is 0 Å². The summed E-state index contributed by atoms with van der Waals surface area (Å²) in [5.41, 5.74) is 3.77. The molecule has 0 spiro atoms. The summed E-state index contributed by atoms with van der Waals surface area (Å²) in [5.74, 6) is 0.127. The third-order valence-electron chi connectivity index (χ3n) is 5.22. The lowest BCUT2D eigenvalue weighted by atomic mass is 9.74. The van der Waals surface area contributed by atoms with Gasteiger partial charge in [0.2, 0.25) is 5.91 Å². The maximum absolute atomic E-state index is 12.3. The minimum atomic E-state index is -0.00560. The third-order valence-corrected chi connectivity index (χ3v) is 5.22. The monoisotopic (exact) mass is 337 g/mol. The van der Waals surface area contributed by atoms with E-state index in [4.69, 9.17) is 4.74 Å². The number of hydrogen-bond acceptors (Lipinski definition) is 2. The summed E-state index contributed by atoms with van der Waals surface area (Å²) >= 11 is 0. The van der Waals surface area contributed by atoms with Crippen molar-refractivity contribution in [1.29, 1.82) is 0 Å². The quantitative estimate of drug-likeness (QED) is 0.871. The molecule has 0 atom stereocenters. The Morgan fingerprint density at radius 3 is 2.40 bits per heavy atom. The number of carbonyl (C=O) groups excluding carboxylic acids is 1. The highest BCUT2D eigenvalue weighted by molar-refractivity contribution is 5.76. The molecule has 0 aromatic heterocycles. The molecule has 0 radical (unpaired) electrons. The summed E-state index contributed by atoms with van der Waals surface area (Å²) in [7, 11) is 0. The number of rotatable bonds is 6. The van der Waals surface area contributed by atoms with Gasteiger partial charge < -0.3 is 10.1 Å². The van der Waals surface area contributed by atoms with E-state index in [0.29, 0.717) is 13.0 Å². The molecule has 132 valence electrons. The molecule has 0 aliphatic carbocycles.